The number of halogens is 4. The van der Waals surface area contributed by atoms with Crippen LogP contribution >= 0.6 is 0 Å². The predicted octanol–water partition coefficient (Wildman–Crippen LogP) is 3.21. The Morgan fingerprint density at radius 3 is 2.52 bits per heavy atom. The molecule has 1 aromatic rings. The van der Waals surface area contributed by atoms with E-state index in [-0.39, 0.29) is 37.5 Å². The molecule has 21 heavy (non-hydrogen) atoms. The molecule has 0 amide bonds. The Bertz CT molecular complexity index is 483. The van der Waals surface area contributed by atoms with Crippen molar-refractivity contribution in [2.24, 2.45) is 5.92 Å². The molecule has 116 valence electrons. The molecule has 1 saturated heterocycles. The second-order valence-electron chi connectivity index (χ2n) is 5.46. The Balaban J connectivity index is 1.86. The second kappa shape index (κ2) is 6.56. The molecule has 1 unspecified atom stereocenters. The topological polar surface area (TPSA) is 20.3 Å². The maximum atomic E-state index is 12.8. The summed E-state index contributed by atoms with van der Waals surface area (Å²) in [5, 5.41) is 0. The van der Waals surface area contributed by atoms with Gasteiger partial charge in [0.15, 0.2) is 5.78 Å². The van der Waals surface area contributed by atoms with Gasteiger partial charge in [0.2, 0.25) is 0 Å². The molecule has 2 nitrogen and oxygen atoms in total. The molecule has 1 heterocycles. The first-order valence-corrected chi connectivity index (χ1v) is 6.90. The average molecular weight is 303 g/mol. The lowest BCUT2D eigenvalue weighted by atomic mass is 9.97. The Morgan fingerprint density at radius 2 is 1.90 bits per heavy atom. The van der Waals surface area contributed by atoms with E-state index in [1.807, 2.05) is 0 Å². The highest BCUT2D eigenvalue weighted by atomic mass is 19.4. The van der Waals surface area contributed by atoms with Crippen molar-refractivity contribution in [3.63, 3.8) is 0 Å². The van der Waals surface area contributed by atoms with Gasteiger partial charge in [0, 0.05) is 13.0 Å². The first kappa shape index (κ1) is 15.9. The fourth-order valence-corrected chi connectivity index (χ4v) is 2.60. The summed E-state index contributed by atoms with van der Waals surface area (Å²) in [6.07, 6.45) is -3.49. The maximum absolute atomic E-state index is 12.8. The van der Waals surface area contributed by atoms with E-state index in [1.54, 1.807) is 4.90 Å². The van der Waals surface area contributed by atoms with Crippen molar-refractivity contribution in [3.8, 4) is 0 Å². The number of carbonyl (C=O) groups is 1. The van der Waals surface area contributed by atoms with Crippen LogP contribution in [0.1, 0.15) is 18.4 Å². The molecule has 1 fully saturated rings. The monoisotopic (exact) mass is 303 g/mol. The van der Waals surface area contributed by atoms with Crippen molar-refractivity contribution in [2.75, 3.05) is 19.6 Å². The molecule has 2 rings (SSSR count). The molecular formula is C15H17F4NO. The molecule has 0 bridgehead atoms. The molecule has 0 spiro atoms. The van der Waals surface area contributed by atoms with Gasteiger partial charge in [0.05, 0.1) is 12.5 Å². The summed E-state index contributed by atoms with van der Waals surface area (Å²) in [5.74, 6) is -1.87. The molecule has 0 aromatic heterocycles. The minimum Gasteiger partial charge on any atom is -0.298 e. The van der Waals surface area contributed by atoms with Crippen LogP contribution in [0.2, 0.25) is 0 Å². The third-order valence-corrected chi connectivity index (χ3v) is 3.68. The molecule has 0 aliphatic carbocycles. The van der Waals surface area contributed by atoms with Crippen LogP contribution < -0.4 is 0 Å². The quantitative estimate of drug-likeness (QED) is 0.796. The maximum Gasteiger partial charge on any atom is 0.393 e. The van der Waals surface area contributed by atoms with Crippen LogP contribution in [0, 0.1) is 11.7 Å². The van der Waals surface area contributed by atoms with E-state index in [0.717, 1.165) is 0 Å². The molecule has 1 aliphatic rings. The highest BCUT2D eigenvalue weighted by Gasteiger charge is 2.41. The summed E-state index contributed by atoms with van der Waals surface area (Å²) in [7, 11) is 0. The number of piperidine rings is 1. The van der Waals surface area contributed by atoms with Crippen molar-refractivity contribution in [1.82, 2.24) is 4.90 Å². The number of hydrogen-bond acceptors (Lipinski definition) is 2. The molecule has 0 radical (unpaired) electrons. The van der Waals surface area contributed by atoms with Crippen molar-refractivity contribution >= 4 is 5.78 Å². The number of Topliss-reactive ketones (excluding diaryl/α,β-unsaturated/α-hetero) is 1. The number of ketones is 1. The normalized spacial score (nSPS) is 20.5. The van der Waals surface area contributed by atoms with Crippen LogP contribution in [-0.4, -0.2) is 36.5 Å². The zero-order valence-corrected chi connectivity index (χ0v) is 11.5. The van der Waals surface area contributed by atoms with Crippen LogP contribution in [0.5, 0.6) is 0 Å². The van der Waals surface area contributed by atoms with Gasteiger partial charge in [-0.1, -0.05) is 12.1 Å². The van der Waals surface area contributed by atoms with E-state index in [0.29, 0.717) is 18.5 Å². The fourth-order valence-electron chi connectivity index (χ4n) is 2.60. The Hall–Kier alpha value is -1.43. The number of likely N-dealkylation sites (tertiary alicyclic amines) is 1. The number of rotatable bonds is 4. The average Bonchev–Trinajstić information content (AvgIpc) is 2.41. The zero-order valence-electron chi connectivity index (χ0n) is 11.5. The summed E-state index contributed by atoms with van der Waals surface area (Å²) in [4.78, 5) is 13.5. The van der Waals surface area contributed by atoms with Crippen molar-refractivity contribution in [2.45, 2.75) is 25.4 Å². The number of alkyl halides is 3. The van der Waals surface area contributed by atoms with Gasteiger partial charge in [-0.3, -0.25) is 9.69 Å². The van der Waals surface area contributed by atoms with E-state index >= 15 is 0 Å². The minimum atomic E-state index is -4.20. The first-order chi connectivity index (χ1) is 9.84. The van der Waals surface area contributed by atoms with Crippen LogP contribution in [-0.2, 0) is 11.2 Å². The molecule has 1 aromatic carbocycles. The summed E-state index contributed by atoms with van der Waals surface area (Å²) in [6, 6.07) is 5.57. The van der Waals surface area contributed by atoms with Crippen molar-refractivity contribution in [1.29, 1.82) is 0 Å². The zero-order chi connectivity index (χ0) is 15.5. The van der Waals surface area contributed by atoms with Gasteiger partial charge in [-0.25, -0.2) is 4.39 Å². The highest BCUT2D eigenvalue weighted by Crippen LogP contribution is 2.32. The Morgan fingerprint density at radius 1 is 1.24 bits per heavy atom. The number of hydrogen-bond donors (Lipinski definition) is 0. The van der Waals surface area contributed by atoms with Crippen LogP contribution in [0.25, 0.3) is 0 Å². The number of nitrogens with zero attached hydrogens (tertiary/aromatic N) is 1. The Kier molecular flexibility index (Phi) is 4.98. The predicted molar refractivity (Wildman–Crippen MR) is 70.3 cm³/mol. The van der Waals surface area contributed by atoms with E-state index in [2.05, 4.69) is 0 Å². The lowest BCUT2D eigenvalue weighted by molar-refractivity contribution is -0.187. The van der Waals surface area contributed by atoms with Gasteiger partial charge in [0.25, 0.3) is 0 Å². The Labute approximate surface area is 120 Å². The smallest absolute Gasteiger partial charge is 0.298 e. The summed E-state index contributed by atoms with van der Waals surface area (Å²) >= 11 is 0. The van der Waals surface area contributed by atoms with Gasteiger partial charge < -0.3 is 0 Å². The van der Waals surface area contributed by atoms with Gasteiger partial charge in [-0.15, -0.1) is 0 Å². The fraction of sp³-hybridized carbons (Fsp3) is 0.533. The van der Waals surface area contributed by atoms with Gasteiger partial charge in [-0.05, 0) is 37.1 Å². The van der Waals surface area contributed by atoms with E-state index < -0.39 is 12.1 Å². The van der Waals surface area contributed by atoms with Gasteiger partial charge in [0.1, 0.15) is 5.82 Å². The van der Waals surface area contributed by atoms with Crippen LogP contribution in [0.4, 0.5) is 17.6 Å². The van der Waals surface area contributed by atoms with E-state index in [1.165, 1.54) is 24.3 Å². The summed E-state index contributed by atoms with van der Waals surface area (Å²) in [5.41, 5.74) is 0.672. The second-order valence-corrected chi connectivity index (χ2v) is 5.46. The molecule has 1 atom stereocenters. The van der Waals surface area contributed by atoms with Crippen LogP contribution in [0.15, 0.2) is 24.3 Å². The SMILES string of the molecule is O=C(Cc1ccc(F)cc1)CN1CCCC(C(F)(F)F)C1. The third-order valence-electron chi connectivity index (χ3n) is 3.68. The van der Waals surface area contributed by atoms with Crippen LogP contribution in [0.3, 0.4) is 0 Å². The highest BCUT2D eigenvalue weighted by molar-refractivity contribution is 5.82. The number of carbonyl (C=O) groups excluding carboxylic acids is 1. The molecule has 6 heteroatoms. The van der Waals surface area contributed by atoms with Crippen molar-refractivity contribution < 1.29 is 22.4 Å². The first-order valence-electron chi connectivity index (χ1n) is 6.90. The molecule has 0 saturated carbocycles. The van der Waals surface area contributed by atoms with E-state index in [9.17, 15) is 22.4 Å². The van der Waals surface area contributed by atoms with Gasteiger partial charge >= 0.3 is 6.18 Å². The summed E-state index contributed by atoms with van der Waals surface area (Å²) < 4.78 is 50.8. The number of benzene rings is 1. The largest absolute Gasteiger partial charge is 0.393 e. The third kappa shape index (κ3) is 4.81. The molecule has 0 N–H and O–H groups in total. The van der Waals surface area contributed by atoms with Crippen molar-refractivity contribution in [3.05, 3.63) is 35.6 Å². The lowest BCUT2D eigenvalue weighted by Gasteiger charge is -2.33. The minimum absolute atomic E-state index is 0.0178. The van der Waals surface area contributed by atoms with Gasteiger partial charge in [-0.2, -0.15) is 13.2 Å². The van der Waals surface area contributed by atoms with E-state index in [4.69, 9.17) is 0 Å². The summed E-state index contributed by atoms with van der Waals surface area (Å²) in [6.45, 7) is 0.421. The standard InChI is InChI=1S/C15H17F4NO/c16-13-5-3-11(4-6-13)8-14(21)10-20-7-1-2-12(9-20)15(17,18)19/h3-6,12H,1-2,7-10H2. The molecule has 1 aliphatic heterocycles. The molecular weight excluding hydrogens is 286 g/mol. The lowest BCUT2D eigenvalue weighted by Crippen LogP contribution is -2.43.